The molecule has 0 radical (unpaired) electrons. The third-order valence-corrected chi connectivity index (χ3v) is 7.63. The van der Waals surface area contributed by atoms with Crippen LogP contribution in [0, 0.1) is 6.92 Å². The number of nitrogens with one attached hydrogen (secondary N) is 3. The van der Waals surface area contributed by atoms with E-state index >= 15 is 0 Å². The Balaban J connectivity index is 1.56. The van der Waals surface area contributed by atoms with Gasteiger partial charge in [-0.2, -0.15) is 13.2 Å². The zero-order valence-electron chi connectivity index (χ0n) is 22.1. The Morgan fingerprint density at radius 3 is 2.55 bits per heavy atom. The van der Waals surface area contributed by atoms with Crippen LogP contribution in [-0.4, -0.2) is 42.2 Å². The lowest BCUT2D eigenvalue weighted by Gasteiger charge is -2.39. The van der Waals surface area contributed by atoms with Gasteiger partial charge >= 0.3 is 6.18 Å². The summed E-state index contributed by atoms with van der Waals surface area (Å²) in [5.41, 5.74) is 4.66. The van der Waals surface area contributed by atoms with Crippen LogP contribution in [0.4, 0.5) is 18.9 Å². The molecule has 2 aliphatic rings. The maximum absolute atomic E-state index is 13.4. The molecule has 1 fully saturated rings. The van der Waals surface area contributed by atoms with Crippen LogP contribution in [0.3, 0.4) is 0 Å². The molecule has 6 nitrogen and oxygen atoms in total. The van der Waals surface area contributed by atoms with E-state index in [0.29, 0.717) is 36.8 Å². The lowest BCUT2D eigenvalue weighted by molar-refractivity contribution is -0.126. The molecule has 4 rings (SSSR count). The zero-order valence-corrected chi connectivity index (χ0v) is 22.1. The van der Waals surface area contributed by atoms with Crippen molar-refractivity contribution in [2.24, 2.45) is 0 Å². The number of allylic oxidation sites excluding steroid dienone is 2. The molecule has 38 heavy (non-hydrogen) atoms. The van der Waals surface area contributed by atoms with Gasteiger partial charge in [-0.3, -0.25) is 9.59 Å². The number of aromatic amines is 1. The summed E-state index contributed by atoms with van der Waals surface area (Å²) < 4.78 is 37.9. The molecule has 1 aliphatic heterocycles. The summed E-state index contributed by atoms with van der Waals surface area (Å²) in [6.45, 7) is 3.86. The summed E-state index contributed by atoms with van der Waals surface area (Å²) in [5, 5.41) is 5.62. The molecule has 0 unspecified atom stereocenters. The SMILES string of the molecule is CCN(c1cccc2c1CC=CCCc1cc(C)[nH]c(=O)c1CNC2=O)C1CCC(NCC(F)(F)F)CC1. The molecule has 1 aliphatic carbocycles. The van der Waals surface area contributed by atoms with E-state index in [1.165, 1.54) is 0 Å². The van der Waals surface area contributed by atoms with Gasteiger partial charge in [0.2, 0.25) is 0 Å². The van der Waals surface area contributed by atoms with Crippen molar-refractivity contribution in [3.63, 3.8) is 0 Å². The van der Waals surface area contributed by atoms with E-state index < -0.39 is 12.7 Å². The summed E-state index contributed by atoms with van der Waals surface area (Å²) in [5.74, 6) is -0.224. The molecule has 206 valence electrons. The number of H-pyrrole nitrogens is 1. The van der Waals surface area contributed by atoms with Crippen molar-refractivity contribution in [2.45, 2.75) is 83.6 Å². The van der Waals surface area contributed by atoms with Crippen LogP contribution in [0.5, 0.6) is 0 Å². The van der Waals surface area contributed by atoms with E-state index in [-0.39, 0.29) is 30.1 Å². The number of pyridine rings is 1. The number of aryl methyl sites for hydroxylation is 2. The molecule has 2 heterocycles. The minimum atomic E-state index is -4.20. The molecule has 1 aromatic carbocycles. The number of fused-ring (bicyclic) bond motifs is 2. The fraction of sp³-hybridized carbons (Fsp3) is 0.517. The van der Waals surface area contributed by atoms with E-state index in [1.807, 2.05) is 31.2 Å². The Morgan fingerprint density at radius 1 is 1.08 bits per heavy atom. The van der Waals surface area contributed by atoms with Crippen molar-refractivity contribution in [3.05, 3.63) is 74.7 Å². The predicted octanol–water partition coefficient (Wildman–Crippen LogP) is 4.95. The third kappa shape index (κ3) is 6.87. The van der Waals surface area contributed by atoms with Crippen LogP contribution < -0.4 is 21.1 Å². The van der Waals surface area contributed by atoms with Crippen LogP contribution in [0.1, 0.15) is 71.8 Å². The number of halogens is 3. The average molecular weight is 531 g/mol. The Hall–Kier alpha value is -3.07. The van der Waals surface area contributed by atoms with E-state index in [2.05, 4.69) is 39.6 Å². The number of anilines is 1. The number of rotatable bonds is 5. The second-order valence-electron chi connectivity index (χ2n) is 10.3. The molecule has 2 aromatic rings. The third-order valence-electron chi connectivity index (χ3n) is 7.63. The Bertz CT molecular complexity index is 1210. The summed E-state index contributed by atoms with van der Waals surface area (Å²) in [4.78, 5) is 31.2. The van der Waals surface area contributed by atoms with E-state index in [4.69, 9.17) is 0 Å². The highest BCUT2D eigenvalue weighted by atomic mass is 19.4. The smallest absolute Gasteiger partial charge is 0.369 e. The second kappa shape index (κ2) is 12.2. The first-order valence-corrected chi connectivity index (χ1v) is 13.5. The Morgan fingerprint density at radius 2 is 1.84 bits per heavy atom. The summed E-state index contributed by atoms with van der Waals surface area (Å²) in [6, 6.07) is 7.77. The van der Waals surface area contributed by atoms with Gasteiger partial charge in [-0.25, -0.2) is 0 Å². The van der Waals surface area contributed by atoms with Gasteiger partial charge in [-0.05, 0) is 88.1 Å². The molecule has 0 spiro atoms. The quantitative estimate of drug-likeness (QED) is 0.479. The van der Waals surface area contributed by atoms with Crippen molar-refractivity contribution in [1.29, 1.82) is 0 Å². The minimum absolute atomic E-state index is 0.133. The first-order chi connectivity index (χ1) is 18.2. The number of benzene rings is 1. The lowest BCUT2D eigenvalue weighted by atomic mass is 9.89. The van der Waals surface area contributed by atoms with Crippen molar-refractivity contribution < 1.29 is 18.0 Å². The van der Waals surface area contributed by atoms with Crippen molar-refractivity contribution in [3.8, 4) is 0 Å². The molecular formula is C29H37F3N4O2. The topological polar surface area (TPSA) is 77.2 Å². The molecule has 9 heteroatoms. The molecule has 1 aromatic heterocycles. The number of nitrogens with zero attached hydrogens (tertiary/aromatic N) is 1. The predicted molar refractivity (Wildman–Crippen MR) is 144 cm³/mol. The van der Waals surface area contributed by atoms with Gasteiger partial charge in [0.15, 0.2) is 0 Å². The maximum Gasteiger partial charge on any atom is 0.401 e. The highest BCUT2D eigenvalue weighted by Crippen LogP contribution is 2.32. The number of hydrogen-bond donors (Lipinski definition) is 3. The van der Waals surface area contributed by atoms with Crippen LogP contribution >= 0.6 is 0 Å². The number of alkyl halides is 3. The van der Waals surface area contributed by atoms with Crippen molar-refractivity contribution >= 4 is 11.6 Å². The molecule has 0 saturated heterocycles. The number of hydrogen-bond acceptors (Lipinski definition) is 4. The first kappa shape index (κ1) is 28.0. The van der Waals surface area contributed by atoms with Crippen LogP contribution in [0.2, 0.25) is 0 Å². The molecular weight excluding hydrogens is 493 g/mol. The van der Waals surface area contributed by atoms with E-state index in [0.717, 1.165) is 48.3 Å². The molecule has 0 atom stereocenters. The monoisotopic (exact) mass is 530 g/mol. The van der Waals surface area contributed by atoms with Gasteiger partial charge in [0.05, 0.1) is 6.54 Å². The minimum Gasteiger partial charge on any atom is -0.369 e. The van der Waals surface area contributed by atoms with Gasteiger partial charge in [0.25, 0.3) is 11.5 Å². The number of carbonyl (C=O) groups is 1. The maximum atomic E-state index is 13.4. The largest absolute Gasteiger partial charge is 0.401 e. The van der Waals surface area contributed by atoms with E-state index in [1.54, 1.807) is 0 Å². The van der Waals surface area contributed by atoms with Crippen LogP contribution in [-0.2, 0) is 19.4 Å². The molecule has 3 N–H and O–H groups in total. The first-order valence-electron chi connectivity index (χ1n) is 13.5. The highest BCUT2D eigenvalue weighted by Gasteiger charge is 2.31. The van der Waals surface area contributed by atoms with E-state index in [9.17, 15) is 22.8 Å². The summed E-state index contributed by atoms with van der Waals surface area (Å²) in [7, 11) is 0. The fourth-order valence-corrected chi connectivity index (χ4v) is 5.77. The number of amides is 1. The molecule has 1 saturated carbocycles. The highest BCUT2D eigenvalue weighted by molar-refractivity contribution is 5.97. The van der Waals surface area contributed by atoms with Gasteiger partial charge in [0.1, 0.15) is 0 Å². The summed E-state index contributed by atoms with van der Waals surface area (Å²) >= 11 is 0. The van der Waals surface area contributed by atoms with Gasteiger partial charge < -0.3 is 20.5 Å². The standard InChI is InChI=1S/C29H37F3N4O2/c1-3-36(22-14-12-21(13-15-22)34-18-29(30,31)32)26-11-7-10-24-23(26)9-6-4-5-8-20-16-19(2)35-28(38)25(20)17-33-27(24)37/h4,6-7,10-11,16,21-22,34H,3,5,8-9,12-15,17-18H2,1-2H3,(H,33,37)(H,35,38). The molecule has 0 bridgehead atoms. The van der Waals surface area contributed by atoms with Gasteiger partial charge in [-0.15, -0.1) is 0 Å². The average Bonchev–Trinajstić information content (AvgIpc) is 2.87. The number of aromatic nitrogens is 1. The number of carbonyl (C=O) groups excluding carboxylic acids is 1. The molecule has 1 amide bonds. The van der Waals surface area contributed by atoms with Crippen LogP contribution in [0.15, 0.2) is 41.2 Å². The normalized spacial score (nSPS) is 20.5. The lowest BCUT2D eigenvalue weighted by Crippen LogP contribution is -2.45. The van der Waals surface area contributed by atoms with Gasteiger partial charge in [-0.1, -0.05) is 18.2 Å². The fourth-order valence-electron chi connectivity index (χ4n) is 5.77. The van der Waals surface area contributed by atoms with Crippen molar-refractivity contribution in [2.75, 3.05) is 18.0 Å². The van der Waals surface area contributed by atoms with Crippen molar-refractivity contribution in [1.82, 2.24) is 15.6 Å². The zero-order chi connectivity index (χ0) is 27.3. The summed E-state index contributed by atoms with van der Waals surface area (Å²) in [6.07, 6.45) is 5.02. The Labute approximate surface area is 221 Å². The second-order valence-corrected chi connectivity index (χ2v) is 10.3. The van der Waals surface area contributed by atoms with Crippen LogP contribution in [0.25, 0.3) is 0 Å². The Kier molecular flexibility index (Phi) is 8.97. The van der Waals surface area contributed by atoms with Gasteiger partial charge in [0, 0.05) is 47.7 Å².